The van der Waals surface area contributed by atoms with Gasteiger partial charge in [-0.05, 0) is 36.2 Å². The lowest BCUT2D eigenvalue weighted by Gasteiger charge is -2.04. The summed E-state index contributed by atoms with van der Waals surface area (Å²) in [5.74, 6) is 0. The van der Waals surface area contributed by atoms with Crippen LogP contribution in [0.3, 0.4) is 0 Å². The van der Waals surface area contributed by atoms with Crippen molar-refractivity contribution in [2.75, 3.05) is 0 Å². The number of nitrogens with zero attached hydrogens (tertiary/aromatic N) is 1. The molecule has 2 rings (SSSR count). The van der Waals surface area contributed by atoms with Gasteiger partial charge in [-0.3, -0.25) is 0 Å². The first-order chi connectivity index (χ1) is 7.69. The highest BCUT2D eigenvalue weighted by molar-refractivity contribution is 9.10. The third-order valence-electron chi connectivity index (χ3n) is 2.38. The van der Waals surface area contributed by atoms with Gasteiger partial charge in [0.15, 0.2) is 0 Å². The van der Waals surface area contributed by atoms with E-state index in [0.717, 1.165) is 15.6 Å². The van der Waals surface area contributed by atoms with E-state index in [9.17, 15) is 0 Å². The van der Waals surface area contributed by atoms with Crippen LogP contribution >= 0.6 is 15.9 Å². The highest BCUT2D eigenvalue weighted by atomic mass is 79.9. The molecule has 1 nitrogen and oxygen atoms in total. The lowest BCUT2D eigenvalue weighted by Crippen LogP contribution is -1.82. The lowest BCUT2D eigenvalue weighted by atomic mass is 10.0. The summed E-state index contributed by atoms with van der Waals surface area (Å²) in [4.78, 5) is 0. The topological polar surface area (TPSA) is 23.8 Å². The predicted octanol–water partition coefficient (Wildman–Crippen LogP) is 4.30. The molecule has 0 unspecified atom stereocenters. The average molecular weight is 272 g/mol. The molecule has 2 aromatic rings. The SMILES string of the molecule is Cc1cccc(-c2cc(Br)cc(C#N)c2)c1. The first-order valence-corrected chi connectivity index (χ1v) is 5.76. The van der Waals surface area contributed by atoms with Gasteiger partial charge in [0.05, 0.1) is 11.6 Å². The van der Waals surface area contributed by atoms with E-state index in [4.69, 9.17) is 5.26 Å². The predicted molar refractivity (Wildman–Crippen MR) is 69.0 cm³/mol. The molecule has 0 aromatic heterocycles. The minimum absolute atomic E-state index is 0.672. The van der Waals surface area contributed by atoms with Crippen molar-refractivity contribution < 1.29 is 0 Å². The number of hydrogen-bond acceptors (Lipinski definition) is 1. The number of halogens is 1. The maximum absolute atomic E-state index is 8.92. The van der Waals surface area contributed by atoms with E-state index in [1.54, 1.807) is 0 Å². The van der Waals surface area contributed by atoms with Crippen LogP contribution in [0.2, 0.25) is 0 Å². The number of aryl methyl sites for hydroxylation is 1. The van der Waals surface area contributed by atoms with E-state index in [2.05, 4.69) is 47.1 Å². The Morgan fingerprint density at radius 3 is 2.56 bits per heavy atom. The smallest absolute Gasteiger partial charge is 0.0992 e. The summed E-state index contributed by atoms with van der Waals surface area (Å²) in [5.41, 5.74) is 4.09. The summed E-state index contributed by atoms with van der Waals surface area (Å²) in [6, 6.07) is 16.2. The van der Waals surface area contributed by atoms with E-state index >= 15 is 0 Å². The summed E-state index contributed by atoms with van der Waals surface area (Å²) >= 11 is 3.42. The van der Waals surface area contributed by atoms with Gasteiger partial charge >= 0.3 is 0 Å². The molecule has 0 aliphatic carbocycles. The lowest BCUT2D eigenvalue weighted by molar-refractivity contribution is 1.45. The van der Waals surface area contributed by atoms with Gasteiger partial charge < -0.3 is 0 Å². The van der Waals surface area contributed by atoms with Crippen LogP contribution in [-0.2, 0) is 0 Å². The highest BCUT2D eigenvalue weighted by Gasteiger charge is 2.01. The molecule has 2 aromatic carbocycles. The fourth-order valence-corrected chi connectivity index (χ4v) is 2.14. The number of nitriles is 1. The van der Waals surface area contributed by atoms with Gasteiger partial charge in [-0.15, -0.1) is 0 Å². The molecule has 0 saturated heterocycles. The molecular formula is C14H10BrN. The number of rotatable bonds is 1. The van der Waals surface area contributed by atoms with Crippen molar-refractivity contribution in [1.82, 2.24) is 0 Å². The normalized spacial score (nSPS) is 9.81. The molecule has 0 fully saturated rings. The van der Waals surface area contributed by atoms with Crippen LogP contribution in [0.5, 0.6) is 0 Å². The van der Waals surface area contributed by atoms with E-state index in [1.807, 2.05) is 24.3 Å². The number of benzene rings is 2. The zero-order valence-electron chi connectivity index (χ0n) is 8.87. The highest BCUT2D eigenvalue weighted by Crippen LogP contribution is 2.25. The second-order valence-electron chi connectivity index (χ2n) is 3.71. The molecular weight excluding hydrogens is 262 g/mol. The Kier molecular flexibility index (Phi) is 3.07. The van der Waals surface area contributed by atoms with E-state index in [-0.39, 0.29) is 0 Å². The van der Waals surface area contributed by atoms with E-state index < -0.39 is 0 Å². The van der Waals surface area contributed by atoms with Crippen LogP contribution in [-0.4, -0.2) is 0 Å². The molecule has 0 aliphatic rings. The van der Waals surface area contributed by atoms with Gasteiger partial charge in [0.25, 0.3) is 0 Å². The third-order valence-corrected chi connectivity index (χ3v) is 2.84. The van der Waals surface area contributed by atoms with Crippen LogP contribution in [0.15, 0.2) is 46.9 Å². The Morgan fingerprint density at radius 2 is 1.88 bits per heavy atom. The van der Waals surface area contributed by atoms with E-state index in [0.29, 0.717) is 5.56 Å². The summed E-state index contributed by atoms with van der Waals surface area (Å²) in [6.45, 7) is 2.06. The summed E-state index contributed by atoms with van der Waals surface area (Å²) in [5, 5.41) is 8.92. The minimum atomic E-state index is 0.672. The molecule has 0 bridgehead atoms. The second-order valence-corrected chi connectivity index (χ2v) is 4.63. The molecule has 0 heterocycles. The molecule has 0 atom stereocenters. The van der Waals surface area contributed by atoms with Crippen molar-refractivity contribution >= 4 is 15.9 Å². The molecule has 0 radical (unpaired) electrons. The molecule has 2 heteroatoms. The minimum Gasteiger partial charge on any atom is -0.192 e. The van der Waals surface area contributed by atoms with Crippen molar-refractivity contribution in [3.63, 3.8) is 0 Å². The molecule has 16 heavy (non-hydrogen) atoms. The molecule has 78 valence electrons. The van der Waals surface area contributed by atoms with Crippen molar-refractivity contribution in [2.45, 2.75) is 6.92 Å². The van der Waals surface area contributed by atoms with Gasteiger partial charge in [-0.1, -0.05) is 45.8 Å². The van der Waals surface area contributed by atoms with Crippen molar-refractivity contribution in [3.8, 4) is 17.2 Å². The van der Waals surface area contributed by atoms with Crippen molar-refractivity contribution in [1.29, 1.82) is 5.26 Å². The average Bonchev–Trinajstić information content (AvgIpc) is 2.28. The second kappa shape index (κ2) is 4.51. The van der Waals surface area contributed by atoms with Gasteiger partial charge in [0.1, 0.15) is 0 Å². The Hall–Kier alpha value is -1.59. The first kappa shape index (κ1) is 10.9. The Morgan fingerprint density at radius 1 is 1.06 bits per heavy atom. The zero-order chi connectivity index (χ0) is 11.5. The van der Waals surface area contributed by atoms with Gasteiger partial charge in [-0.2, -0.15) is 5.26 Å². The van der Waals surface area contributed by atoms with Crippen LogP contribution in [0, 0.1) is 18.3 Å². The first-order valence-electron chi connectivity index (χ1n) is 4.97. The Bertz CT molecular complexity index is 567. The maximum atomic E-state index is 8.92. The quantitative estimate of drug-likeness (QED) is 0.759. The molecule has 0 spiro atoms. The fraction of sp³-hybridized carbons (Fsp3) is 0.0714. The molecule has 0 aliphatic heterocycles. The van der Waals surface area contributed by atoms with Crippen LogP contribution in [0.4, 0.5) is 0 Å². The maximum Gasteiger partial charge on any atom is 0.0992 e. The Labute approximate surface area is 103 Å². The van der Waals surface area contributed by atoms with Crippen molar-refractivity contribution in [3.05, 3.63) is 58.1 Å². The summed E-state index contributed by atoms with van der Waals surface area (Å²) in [6.07, 6.45) is 0. The number of hydrogen-bond donors (Lipinski definition) is 0. The van der Waals surface area contributed by atoms with Crippen molar-refractivity contribution in [2.24, 2.45) is 0 Å². The van der Waals surface area contributed by atoms with Gasteiger partial charge in [-0.25, -0.2) is 0 Å². The standard InChI is InChI=1S/C14H10BrN/c1-10-3-2-4-12(5-10)13-6-11(9-16)7-14(15)8-13/h2-8H,1H3. The van der Waals surface area contributed by atoms with Gasteiger partial charge in [0.2, 0.25) is 0 Å². The Balaban J connectivity index is 2.56. The van der Waals surface area contributed by atoms with E-state index in [1.165, 1.54) is 5.56 Å². The van der Waals surface area contributed by atoms with Crippen LogP contribution in [0.25, 0.3) is 11.1 Å². The molecule has 0 saturated carbocycles. The largest absolute Gasteiger partial charge is 0.192 e. The monoisotopic (exact) mass is 271 g/mol. The fourth-order valence-electron chi connectivity index (χ4n) is 1.65. The van der Waals surface area contributed by atoms with Crippen LogP contribution < -0.4 is 0 Å². The van der Waals surface area contributed by atoms with Crippen LogP contribution in [0.1, 0.15) is 11.1 Å². The third kappa shape index (κ3) is 2.32. The summed E-state index contributed by atoms with van der Waals surface area (Å²) < 4.78 is 0.933. The summed E-state index contributed by atoms with van der Waals surface area (Å²) in [7, 11) is 0. The molecule has 0 N–H and O–H groups in total. The van der Waals surface area contributed by atoms with Gasteiger partial charge in [0, 0.05) is 4.47 Å². The zero-order valence-corrected chi connectivity index (χ0v) is 10.5. The molecule has 0 amide bonds.